The minimum atomic E-state index is -1.54. The second-order valence-electron chi connectivity index (χ2n) is 10.7. The summed E-state index contributed by atoms with van der Waals surface area (Å²) in [7, 11) is 0. The van der Waals surface area contributed by atoms with Crippen molar-refractivity contribution in [1.82, 2.24) is 4.90 Å². The summed E-state index contributed by atoms with van der Waals surface area (Å²) in [5.41, 5.74) is 2.65. The van der Waals surface area contributed by atoms with Crippen LogP contribution in [0.15, 0.2) is 121 Å². The van der Waals surface area contributed by atoms with Gasteiger partial charge in [-0.3, -0.25) is 4.90 Å². The number of hydrogen-bond acceptors (Lipinski definition) is 6. The minimum absolute atomic E-state index is 0.211. The first-order valence-electron chi connectivity index (χ1n) is 14.2. The Kier molecular flexibility index (Phi) is 10.3. The normalized spacial score (nSPS) is 22.9. The number of aliphatic hydroxyl groups excluding tert-OH is 1. The highest BCUT2D eigenvalue weighted by atomic mass is 16.6. The molecule has 1 aliphatic rings. The summed E-state index contributed by atoms with van der Waals surface area (Å²) in [6.45, 7) is 1.78. The molecule has 1 saturated heterocycles. The number of likely N-dealkylation sites (tertiary alicyclic amines) is 1. The molecule has 0 saturated carbocycles. The molecule has 0 bridgehead atoms. The van der Waals surface area contributed by atoms with E-state index in [9.17, 15) is 10.2 Å². The highest BCUT2D eigenvalue weighted by Crippen LogP contribution is 2.34. The maximum Gasteiger partial charge on any atom is 0.129 e. The van der Waals surface area contributed by atoms with E-state index in [1.807, 2.05) is 109 Å². The van der Waals surface area contributed by atoms with Crippen LogP contribution < -0.4 is 0 Å². The zero-order valence-electron chi connectivity index (χ0n) is 23.3. The zero-order valence-corrected chi connectivity index (χ0v) is 23.3. The molecule has 4 atom stereocenters. The Hall–Kier alpha value is -3.36. The molecule has 6 nitrogen and oxygen atoms in total. The van der Waals surface area contributed by atoms with Gasteiger partial charge in [0.15, 0.2) is 0 Å². The van der Waals surface area contributed by atoms with Crippen LogP contribution in [0.2, 0.25) is 0 Å². The van der Waals surface area contributed by atoms with Crippen LogP contribution in [0.3, 0.4) is 0 Å². The third-order valence-corrected chi connectivity index (χ3v) is 7.61. The summed E-state index contributed by atoms with van der Waals surface area (Å²) in [5, 5.41) is 22.5. The molecular weight excluding hydrogens is 514 g/mol. The Balaban J connectivity index is 1.45. The summed E-state index contributed by atoms with van der Waals surface area (Å²) in [4.78, 5) is 2.16. The molecule has 1 heterocycles. The molecule has 5 rings (SSSR count). The van der Waals surface area contributed by atoms with Gasteiger partial charge in [-0.25, -0.2) is 0 Å². The largest absolute Gasteiger partial charge is 0.393 e. The number of β-amino-alcohol motifs (C(OH)–C–C–N with tert-alkyl or cyclic N) is 1. The quantitative estimate of drug-likeness (QED) is 0.243. The van der Waals surface area contributed by atoms with Crippen molar-refractivity contribution in [1.29, 1.82) is 0 Å². The van der Waals surface area contributed by atoms with Crippen LogP contribution in [-0.4, -0.2) is 58.7 Å². The molecule has 0 unspecified atom stereocenters. The number of piperidine rings is 1. The second kappa shape index (κ2) is 14.5. The molecule has 0 amide bonds. The Bertz CT molecular complexity index is 1290. The van der Waals surface area contributed by atoms with Gasteiger partial charge in [-0.15, -0.1) is 0 Å². The molecule has 0 aliphatic carbocycles. The summed E-state index contributed by atoms with van der Waals surface area (Å²) in [5.74, 6) is 0. The predicted octanol–water partition coefficient (Wildman–Crippen LogP) is 4.98. The summed E-state index contributed by atoms with van der Waals surface area (Å²) in [6.07, 6.45) is -1.36. The van der Waals surface area contributed by atoms with Gasteiger partial charge >= 0.3 is 0 Å². The van der Waals surface area contributed by atoms with Gasteiger partial charge in [-0.2, -0.15) is 0 Å². The Morgan fingerprint density at radius 1 is 0.634 bits per heavy atom. The molecule has 0 radical (unpaired) electrons. The molecule has 41 heavy (non-hydrogen) atoms. The molecule has 1 fully saturated rings. The average molecular weight is 554 g/mol. The first-order valence-corrected chi connectivity index (χ1v) is 14.2. The van der Waals surface area contributed by atoms with Crippen molar-refractivity contribution in [2.24, 2.45) is 0 Å². The molecule has 4 aromatic carbocycles. The molecule has 0 spiro atoms. The Labute approximate surface area is 242 Å². The van der Waals surface area contributed by atoms with E-state index in [1.165, 1.54) is 0 Å². The molecule has 4 aromatic rings. The average Bonchev–Trinajstić information content (AvgIpc) is 3.02. The summed E-state index contributed by atoms with van der Waals surface area (Å²) >= 11 is 0. The van der Waals surface area contributed by atoms with Gasteiger partial charge in [0.2, 0.25) is 0 Å². The van der Waals surface area contributed by atoms with Gasteiger partial charge in [-0.05, 0) is 22.3 Å². The Morgan fingerprint density at radius 2 is 1.10 bits per heavy atom. The van der Waals surface area contributed by atoms with E-state index in [0.717, 1.165) is 22.3 Å². The number of nitrogens with zero attached hydrogens (tertiary/aromatic N) is 1. The number of ether oxygens (including phenoxy) is 3. The van der Waals surface area contributed by atoms with Gasteiger partial charge in [0.05, 0.1) is 39.1 Å². The monoisotopic (exact) mass is 553 g/mol. The number of hydrogen-bond donors (Lipinski definition) is 2. The van der Waals surface area contributed by atoms with Gasteiger partial charge in [0.1, 0.15) is 17.8 Å². The maximum atomic E-state index is 11.9. The van der Waals surface area contributed by atoms with Gasteiger partial charge in [0, 0.05) is 13.1 Å². The van der Waals surface area contributed by atoms with Crippen molar-refractivity contribution < 1.29 is 24.4 Å². The van der Waals surface area contributed by atoms with E-state index >= 15 is 0 Å². The fourth-order valence-electron chi connectivity index (χ4n) is 5.45. The summed E-state index contributed by atoms with van der Waals surface area (Å²) in [6, 6.07) is 39.8. The van der Waals surface area contributed by atoms with Crippen LogP contribution in [0.5, 0.6) is 0 Å². The van der Waals surface area contributed by atoms with Crippen molar-refractivity contribution >= 4 is 0 Å². The lowest BCUT2D eigenvalue weighted by Crippen LogP contribution is -2.70. The van der Waals surface area contributed by atoms with Crippen LogP contribution in [0.25, 0.3) is 0 Å². The molecule has 6 heteroatoms. The molecule has 214 valence electrons. The van der Waals surface area contributed by atoms with Crippen LogP contribution in [-0.2, 0) is 40.6 Å². The van der Waals surface area contributed by atoms with E-state index in [0.29, 0.717) is 26.4 Å². The van der Waals surface area contributed by atoms with Crippen molar-refractivity contribution in [2.75, 3.05) is 19.8 Å². The summed E-state index contributed by atoms with van der Waals surface area (Å²) < 4.78 is 19.4. The fraction of sp³-hybridized carbons (Fsp3) is 0.314. The number of aliphatic hydroxyl groups is 2. The second-order valence-corrected chi connectivity index (χ2v) is 10.7. The topological polar surface area (TPSA) is 71.4 Å². The molecule has 0 aromatic heterocycles. The van der Waals surface area contributed by atoms with E-state index < -0.39 is 24.4 Å². The Morgan fingerprint density at radius 3 is 1.61 bits per heavy atom. The van der Waals surface area contributed by atoms with Crippen LogP contribution >= 0.6 is 0 Å². The van der Waals surface area contributed by atoms with Gasteiger partial charge < -0.3 is 24.4 Å². The van der Waals surface area contributed by atoms with E-state index in [-0.39, 0.29) is 19.2 Å². The smallest absolute Gasteiger partial charge is 0.129 e. The highest BCUT2D eigenvalue weighted by Gasteiger charge is 2.53. The maximum absolute atomic E-state index is 11.9. The zero-order chi connectivity index (χ0) is 28.3. The van der Waals surface area contributed by atoms with Crippen molar-refractivity contribution in [3.05, 3.63) is 144 Å². The van der Waals surface area contributed by atoms with Crippen molar-refractivity contribution in [3.8, 4) is 0 Å². The van der Waals surface area contributed by atoms with Crippen molar-refractivity contribution in [2.45, 2.75) is 50.2 Å². The van der Waals surface area contributed by atoms with E-state index in [1.54, 1.807) is 0 Å². The van der Waals surface area contributed by atoms with E-state index in [2.05, 4.69) is 17.0 Å². The van der Waals surface area contributed by atoms with Crippen LogP contribution in [0, 0.1) is 0 Å². The highest BCUT2D eigenvalue weighted by molar-refractivity contribution is 5.18. The van der Waals surface area contributed by atoms with Gasteiger partial charge in [-0.1, -0.05) is 121 Å². The van der Waals surface area contributed by atoms with E-state index in [4.69, 9.17) is 14.2 Å². The third-order valence-electron chi connectivity index (χ3n) is 7.61. The third kappa shape index (κ3) is 7.89. The lowest BCUT2D eigenvalue weighted by atomic mass is 9.83. The van der Waals surface area contributed by atoms with Crippen LogP contribution in [0.4, 0.5) is 0 Å². The van der Waals surface area contributed by atoms with Gasteiger partial charge in [0.25, 0.3) is 0 Å². The first kappa shape index (κ1) is 29.1. The molecule has 1 aliphatic heterocycles. The fourth-order valence-corrected chi connectivity index (χ4v) is 5.45. The standard InChI is InChI=1S/C35H39NO5/c37-27-35(38)26-36(21-28-13-5-1-6-14-28)32(25-39-22-29-15-7-2-8-16-29)33(40-23-30-17-9-3-10-18-30)34(35)41-24-31-19-11-4-12-20-31/h1-20,32-34,37-38H,21-27H2/t32-,33-,34-,35+/m0/s1. The lowest BCUT2D eigenvalue weighted by Gasteiger charge is -2.52. The van der Waals surface area contributed by atoms with Crippen LogP contribution in [0.1, 0.15) is 22.3 Å². The first-order chi connectivity index (χ1) is 20.1. The number of benzene rings is 4. The SMILES string of the molecule is OC[C@]1(O)CN(Cc2ccccc2)[C@@H](COCc2ccccc2)[C@H](OCc2ccccc2)[C@@H]1OCc1ccccc1. The molecule has 2 N–H and O–H groups in total. The minimum Gasteiger partial charge on any atom is -0.393 e. The number of rotatable bonds is 13. The molecular formula is C35H39NO5. The lowest BCUT2D eigenvalue weighted by molar-refractivity contribution is -0.246. The predicted molar refractivity (Wildman–Crippen MR) is 159 cm³/mol. The van der Waals surface area contributed by atoms with Crippen molar-refractivity contribution in [3.63, 3.8) is 0 Å².